The fraction of sp³-hybridized carbons (Fsp3) is 0.385. The molecular formula is C13H15BrN2O3S. The van der Waals surface area contributed by atoms with Crippen LogP contribution in [0.25, 0.3) is 0 Å². The Balaban J connectivity index is 2.06. The van der Waals surface area contributed by atoms with Crippen LogP contribution < -0.4 is 5.32 Å². The van der Waals surface area contributed by atoms with Gasteiger partial charge in [-0.2, -0.15) is 11.8 Å². The molecule has 1 aliphatic heterocycles. The van der Waals surface area contributed by atoms with Crippen molar-refractivity contribution >= 4 is 45.4 Å². The van der Waals surface area contributed by atoms with Gasteiger partial charge in [-0.15, -0.1) is 0 Å². The lowest BCUT2D eigenvalue weighted by Crippen LogP contribution is -2.48. The maximum atomic E-state index is 12.3. The van der Waals surface area contributed by atoms with Crippen LogP contribution in [0.1, 0.15) is 6.42 Å². The summed E-state index contributed by atoms with van der Waals surface area (Å²) in [4.78, 5) is 24.8. The van der Waals surface area contributed by atoms with Crippen LogP contribution in [0.5, 0.6) is 0 Å². The number of amides is 2. The third kappa shape index (κ3) is 3.89. The first-order valence-corrected chi connectivity index (χ1v) is 8.14. The molecule has 1 aliphatic rings. The van der Waals surface area contributed by atoms with E-state index >= 15 is 0 Å². The number of rotatable bonds is 3. The summed E-state index contributed by atoms with van der Waals surface area (Å²) in [5.74, 6) is 0.617. The highest BCUT2D eigenvalue weighted by Crippen LogP contribution is 2.24. The summed E-state index contributed by atoms with van der Waals surface area (Å²) in [6.07, 6.45) is -0.0175. The van der Waals surface area contributed by atoms with Gasteiger partial charge in [0.05, 0.1) is 18.2 Å². The molecule has 0 aromatic heterocycles. The molecule has 1 aromatic rings. The van der Waals surface area contributed by atoms with Gasteiger partial charge in [-0.25, -0.2) is 4.79 Å². The van der Waals surface area contributed by atoms with Gasteiger partial charge >= 0.3 is 12.0 Å². The van der Waals surface area contributed by atoms with Crippen molar-refractivity contribution in [2.45, 2.75) is 12.5 Å². The number of anilines is 1. The Bertz CT molecular complexity index is 512. The van der Waals surface area contributed by atoms with E-state index in [2.05, 4.69) is 21.2 Å². The van der Waals surface area contributed by atoms with Gasteiger partial charge in [0.1, 0.15) is 0 Å². The first kappa shape index (κ1) is 15.2. The second-order valence-electron chi connectivity index (χ2n) is 4.43. The molecule has 1 heterocycles. The summed E-state index contributed by atoms with van der Waals surface area (Å²) in [6, 6.07) is 6.84. The number of hydrogen-bond donors (Lipinski definition) is 2. The monoisotopic (exact) mass is 358 g/mol. The summed E-state index contributed by atoms with van der Waals surface area (Å²) in [7, 11) is 0. The van der Waals surface area contributed by atoms with Crippen molar-refractivity contribution in [2.75, 3.05) is 23.4 Å². The first-order chi connectivity index (χ1) is 9.58. The molecule has 1 atom stereocenters. The number of aliphatic carboxylic acids is 1. The minimum Gasteiger partial charge on any atom is -0.481 e. The van der Waals surface area contributed by atoms with E-state index in [9.17, 15) is 9.59 Å². The number of urea groups is 1. The van der Waals surface area contributed by atoms with E-state index in [0.717, 1.165) is 10.2 Å². The van der Waals surface area contributed by atoms with Crippen molar-refractivity contribution in [2.24, 2.45) is 0 Å². The maximum absolute atomic E-state index is 12.3. The lowest BCUT2D eigenvalue weighted by molar-refractivity contribution is -0.137. The molecule has 0 bridgehead atoms. The minimum absolute atomic E-state index is 0.0175. The third-order valence-electron chi connectivity index (χ3n) is 3.01. The lowest BCUT2D eigenvalue weighted by atomic mass is 10.2. The van der Waals surface area contributed by atoms with Gasteiger partial charge in [0.2, 0.25) is 0 Å². The summed E-state index contributed by atoms with van der Waals surface area (Å²) < 4.78 is 0.800. The number of carboxylic acids is 1. The summed E-state index contributed by atoms with van der Waals surface area (Å²) in [5, 5.41) is 11.7. The molecule has 2 amide bonds. The SMILES string of the molecule is O=C(O)CC1CSCCN1C(=O)Nc1ccccc1Br. The van der Waals surface area contributed by atoms with Gasteiger partial charge in [0.25, 0.3) is 0 Å². The Kier molecular flexibility index (Phi) is 5.31. The van der Waals surface area contributed by atoms with E-state index < -0.39 is 5.97 Å². The van der Waals surface area contributed by atoms with Crippen molar-refractivity contribution in [3.8, 4) is 0 Å². The average Bonchev–Trinajstić information content (AvgIpc) is 2.41. The Hall–Kier alpha value is -1.21. The zero-order valence-corrected chi connectivity index (χ0v) is 13.1. The lowest BCUT2D eigenvalue weighted by Gasteiger charge is -2.34. The normalized spacial score (nSPS) is 18.6. The Morgan fingerprint density at radius 3 is 2.90 bits per heavy atom. The molecule has 7 heteroatoms. The number of thioether (sulfide) groups is 1. The van der Waals surface area contributed by atoms with Crippen LogP contribution in [0.2, 0.25) is 0 Å². The number of benzene rings is 1. The maximum Gasteiger partial charge on any atom is 0.322 e. The predicted octanol–water partition coefficient (Wildman–Crippen LogP) is 2.87. The fourth-order valence-electron chi connectivity index (χ4n) is 2.04. The van der Waals surface area contributed by atoms with Gasteiger partial charge < -0.3 is 15.3 Å². The first-order valence-electron chi connectivity index (χ1n) is 6.19. The van der Waals surface area contributed by atoms with E-state index in [1.54, 1.807) is 22.7 Å². The van der Waals surface area contributed by atoms with Crippen LogP contribution in [0.4, 0.5) is 10.5 Å². The van der Waals surface area contributed by atoms with Crippen LogP contribution in [-0.2, 0) is 4.79 Å². The topological polar surface area (TPSA) is 69.6 Å². The smallest absolute Gasteiger partial charge is 0.322 e. The van der Waals surface area contributed by atoms with E-state index in [1.165, 1.54) is 0 Å². The Morgan fingerprint density at radius 2 is 2.20 bits per heavy atom. The number of nitrogens with zero attached hydrogens (tertiary/aromatic N) is 1. The molecule has 0 radical (unpaired) electrons. The third-order valence-corrected chi connectivity index (χ3v) is 4.80. The Morgan fingerprint density at radius 1 is 1.45 bits per heavy atom. The van der Waals surface area contributed by atoms with Crippen molar-refractivity contribution in [1.82, 2.24) is 4.90 Å². The zero-order chi connectivity index (χ0) is 14.5. The summed E-state index contributed by atoms with van der Waals surface area (Å²) in [5.41, 5.74) is 0.685. The van der Waals surface area contributed by atoms with E-state index in [4.69, 9.17) is 5.11 Å². The summed E-state index contributed by atoms with van der Waals surface area (Å²) >= 11 is 5.05. The van der Waals surface area contributed by atoms with Crippen LogP contribution in [0.15, 0.2) is 28.7 Å². The molecule has 0 saturated carbocycles. The van der Waals surface area contributed by atoms with Crippen molar-refractivity contribution in [3.63, 3.8) is 0 Å². The van der Waals surface area contributed by atoms with Crippen LogP contribution in [0.3, 0.4) is 0 Å². The molecule has 0 aliphatic carbocycles. The average molecular weight is 359 g/mol. The number of carbonyl (C=O) groups excluding carboxylic acids is 1. The van der Waals surface area contributed by atoms with Gasteiger partial charge in [0, 0.05) is 22.5 Å². The highest BCUT2D eigenvalue weighted by molar-refractivity contribution is 9.10. The molecule has 5 nitrogen and oxygen atoms in total. The molecule has 2 N–H and O–H groups in total. The van der Waals surface area contributed by atoms with Crippen molar-refractivity contribution < 1.29 is 14.7 Å². The van der Waals surface area contributed by atoms with Crippen molar-refractivity contribution in [1.29, 1.82) is 0 Å². The molecule has 20 heavy (non-hydrogen) atoms. The molecule has 1 aromatic carbocycles. The second kappa shape index (κ2) is 6.99. The van der Waals surface area contributed by atoms with Crippen LogP contribution >= 0.6 is 27.7 Å². The van der Waals surface area contributed by atoms with Gasteiger partial charge in [0.15, 0.2) is 0 Å². The largest absolute Gasteiger partial charge is 0.481 e. The van der Waals surface area contributed by atoms with E-state index in [0.29, 0.717) is 18.0 Å². The number of para-hydroxylation sites is 1. The molecule has 1 fully saturated rings. The van der Waals surface area contributed by atoms with Gasteiger partial charge in [-0.05, 0) is 28.1 Å². The molecule has 2 rings (SSSR count). The molecule has 1 unspecified atom stereocenters. The number of hydrogen-bond acceptors (Lipinski definition) is 3. The van der Waals surface area contributed by atoms with E-state index in [-0.39, 0.29) is 18.5 Å². The molecule has 1 saturated heterocycles. The van der Waals surface area contributed by atoms with Gasteiger partial charge in [-0.3, -0.25) is 4.79 Å². The quantitative estimate of drug-likeness (QED) is 0.871. The standard InChI is InChI=1S/C13H15BrN2O3S/c14-10-3-1-2-4-11(10)15-13(19)16-5-6-20-8-9(16)7-12(17)18/h1-4,9H,5-8H2,(H,15,19)(H,17,18). The Labute approximate surface area is 129 Å². The highest BCUT2D eigenvalue weighted by Gasteiger charge is 2.29. The number of halogens is 1. The van der Waals surface area contributed by atoms with Crippen LogP contribution in [-0.4, -0.2) is 46.1 Å². The minimum atomic E-state index is -0.879. The predicted molar refractivity (Wildman–Crippen MR) is 83.2 cm³/mol. The summed E-state index contributed by atoms with van der Waals surface area (Å²) in [6.45, 7) is 0.568. The zero-order valence-electron chi connectivity index (χ0n) is 10.7. The second-order valence-corrected chi connectivity index (χ2v) is 6.43. The number of carboxylic acid groups (broad SMARTS) is 1. The fourth-order valence-corrected chi connectivity index (χ4v) is 3.49. The molecule has 108 valence electrons. The number of nitrogens with one attached hydrogen (secondary N) is 1. The van der Waals surface area contributed by atoms with Crippen molar-refractivity contribution in [3.05, 3.63) is 28.7 Å². The van der Waals surface area contributed by atoms with Gasteiger partial charge in [-0.1, -0.05) is 12.1 Å². The molecule has 0 spiro atoms. The van der Waals surface area contributed by atoms with Crippen LogP contribution in [0, 0.1) is 0 Å². The highest BCUT2D eigenvalue weighted by atomic mass is 79.9. The molecular weight excluding hydrogens is 344 g/mol. The number of carbonyl (C=O) groups is 2. The van der Waals surface area contributed by atoms with E-state index in [1.807, 2.05) is 18.2 Å².